The van der Waals surface area contributed by atoms with Crippen LogP contribution in [0.4, 0.5) is 0 Å². The van der Waals surface area contributed by atoms with Crippen LogP contribution in [0.1, 0.15) is 62.5 Å². The summed E-state index contributed by atoms with van der Waals surface area (Å²) >= 11 is 1.44. The highest BCUT2D eigenvalue weighted by atomic mass is 32.2. The third-order valence-electron chi connectivity index (χ3n) is 8.51. The minimum absolute atomic E-state index is 0.0659. The number of pyridine rings is 1. The van der Waals surface area contributed by atoms with Crippen LogP contribution in [0.25, 0.3) is 10.9 Å². The molecule has 2 aliphatic rings. The molecule has 0 bridgehead atoms. The Morgan fingerprint density at radius 2 is 1.87 bits per heavy atom. The molecule has 1 aromatic carbocycles. The molecule has 3 aromatic rings. The van der Waals surface area contributed by atoms with Crippen LogP contribution in [0, 0.1) is 19.8 Å². The number of thioether (sulfide) groups is 1. The van der Waals surface area contributed by atoms with Gasteiger partial charge in [-0.1, -0.05) is 18.2 Å². The van der Waals surface area contributed by atoms with Crippen molar-refractivity contribution >= 4 is 32.7 Å². The zero-order chi connectivity index (χ0) is 27.9. The molecule has 1 atom stereocenters. The van der Waals surface area contributed by atoms with E-state index in [9.17, 15) is 13.2 Å². The molecule has 0 amide bonds. The van der Waals surface area contributed by atoms with E-state index in [1.54, 1.807) is 0 Å². The fourth-order valence-electron chi connectivity index (χ4n) is 6.44. The number of hydrogen-bond acceptors (Lipinski definition) is 6. The zero-order valence-corrected chi connectivity index (χ0v) is 25.1. The Bertz CT molecular complexity index is 1520. The summed E-state index contributed by atoms with van der Waals surface area (Å²) in [6.07, 6.45) is 6.29. The second kappa shape index (κ2) is 11.0. The van der Waals surface area contributed by atoms with Crippen molar-refractivity contribution in [3.63, 3.8) is 0 Å². The normalized spacial score (nSPS) is 22.1. The van der Waals surface area contributed by atoms with Gasteiger partial charge in [0, 0.05) is 51.4 Å². The lowest BCUT2D eigenvalue weighted by atomic mass is 9.81. The Morgan fingerprint density at radius 3 is 2.51 bits per heavy atom. The first-order chi connectivity index (χ1) is 18.5. The summed E-state index contributed by atoms with van der Waals surface area (Å²) in [6.45, 7) is 9.67. The van der Waals surface area contributed by atoms with Gasteiger partial charge in [-0.25, -0.2) is 13.1 Å². The third-order valence-corrected chi connectivity index (χ3v) is 10.9. The van der Waals surface area contributed by atoms with Gasteiger partial charge in [0.25, 0.3) is 5.56 Å². The Hall–Kier alpha value is -2.11. The van der Waals surface area contributed by atoms with Gasteiger partial charge in [0.15, 0.2) is 0 Å². The Labute approximate surface area is 235 Å². The molecule has 0 unspecified atom stereocenters. The van der Waals surface area contributed by atoms with Crippen LogP contribution in [0.2, 0.25) is 0 Å². The lowest BCUT2D eigenvalue weighted by Crippen LogP contribution is -2.61. The average Bonchev–Trinajstić information content (AvgIpc) is 3.19. The standard InChI is InChI=1S/C29H40N4O4S2/c1-18-14-26(38-5)24(28(34)31-18)15-30-39(35,36)27-20(3)33(25-9-7-6-8-23(25)27)19(2)21-10-12-22(13-11-21)32-29(4)16-37-17-29/h6-9,14,19,21-22,30,32H,10-13,15-17H2,1-5H3,(H,31,34)/t19-,21?,22?/m1/s1. The van der Waals surface area contributed by atoms with Gasteiger partial charge in [-0.05, 0) is 77.7 Å². The summed E-state index contributed by atoms with van der Waals surface area (Å²) in [5, 5.41) is 4.51. The first-order valence-electron chi connectivity index (χ1n) is 13.7. The maximum Gasteiger partial charge on any atom is 0.253 e. The predicted molar refractivity (Wildman–Crippen MR) is 157 cm³/mol. The number of sulfonamides is 1. The van der Waals surface area contributed by atoms with Gasteiger partial charge >= 0.3 is 0 Å². The van der Waals surface area contributed by atoms with Crippen LogP contribution in [0.15, 0.2) is 44.9 Å². The number of rotatable bonds is 9. The molecule has 1 aliphatic heterocycles. The van der Waals surface area contributed by atoms with Gasteiger partial charge in [-0.2, -0.15) is 0 Å². The van der Waals surface area contributed by atoms with Crippen molar-refractivity contribution in [1.29, 1.82) is 0 Å². The molecule has 1 aliphatic carbocycles. The van der Waals surface area contributed by atoms with Crippen molar-refractivity contribution in [1.82, 2.24) is 19.6 Å². The summed E-state index contributed by atoms with van der Waals surface area (Å²) in [7, 11) is -3.89. The third kappa shape index (κ3) is 5.59. The first kappa shape index (κ1) is 28.4. The van der Waals surface area contributed by atoms with E-state index >= 15 is 0 Å². The van der Waals surface area contributed by atoms with Crippen molar-refractivity contribution < 1.29 is 13.2 Å². The van der Waals surface area contributed by atoms with Gasteiger partial charge in [0.2, 0.25) is 10.0 Å². The number of para-hydroxylation sites is 1. The quantitative estimate of drug-likeness (QED) is 0.323. The lowest BCUT2D eigenvalue weighted by Gasteiger charge is -2.44. The van der Waals surface area contributed by atoms with Crippen LogP contribution in [-0.4, -0.2) is 49.0 Å². The SMILES string of the molecule is CSc1cc(C)[nH]c(=O)c1CNS(=O)(=O)c1c(C)n([C@H](C)C2CCC(NC3(C)COC3)CC2)c2ccccc12. The smallest absolute Gasteiger partial charge is 0.253 e. The van der Waals surface area contributed by atoms with Crippen molar-refractivity contribution in [2.24, 2.45) is 5.92 Å². The summed E-state index contributed by atoms with van der Waals surface area (Å²) in [4.78, 5) is 16.5. The largest absolute Gasteiger partial charge is 0.377 e. The van der Waals surface area contributed by atoms with E-state index < -0.39 is 10.0 Å². The monoisotopic (exact) mass is 572 g/mol. The van der Waals surface area contributed by atoms with Gasteiger partial charge in [0.05, 0.1) is 18.8 Å². The fourth-order valence-corrected chi connectivity index (χ4v) is 8.57. The van der Waals surface area contributed by atoms with E-state index in [-0.39, 0.29) is 23.7 Å². The van der Waals surface area contributed by atoms with Crippen molar-refractivity contribution in [3.8, 4) is 0 Å². The minimum Gasteiger partial charge on any atom is -0.377 e. The lowest BCUT2D eigenvalue weighted by molar-refractivity contribution is -0.0719. The first-order valence-corrected chi connectivity index (χ1v) is 16.5. The number of nitrogens with one attached hydrogen (secondary N) is 3. The molecule has 0 radical (unpaired) electrons. The maximum absolute atomic E-state index is 13.8. The number of H-pyrrole nitrogens is 1. The minimum atomic E-state index is -3.89. The van der Waals surface area contributed by atoms with Crippen molar-refractivity contribution in [2.75, 3.05) is 19.5 Å². The molecule has 1 saturated carbocycles. The second-order valence-electron chi connectivity index (χ2n) is 11.5. The molecule has 8 nitrogen and oxygen atoms in total. The number of aryl methyl sites for hydroxylation is 1. The number of hydrogen-bond donors (Lipinski definition) is 3. The predicted octanol–water partition coefficient (Wildman–Crippen LogP) is 4.65. The van der Waals surface area contributed by atoms with E-state index in [0.29, 0.717) is 27.8 Å². The molecule has 39 heavy (non-hydrogen) atoms. The second-order valence-corrected chi connectivity index (χ2v) is 14.1. The molecule has 0 spiro atoms. The van der Waals surface area contributed by atoms with Crippen LogP contribution in [0.5, 0.6) is 0 Å². The topological polar surface area (TPSA) is 105 Å². The molecule has 1 saturated heterocycles. The van der Waals surface area contributed by atoms with Gasteiger partial charge < -0.3 is 19.6 Å². The summed E-state index contributed by atoms with van der Waals surface area (Å²) in [5.74, 6) is 0.460. The highest BCUT2D eigenvalue weighted by Crippen LogP contribution is 2.39. The highest BCUT2D eigenvalue weighted by molar-refractivity contribution is 7.98. The van der Waals surface area contributed by atoms with Crippen LogP contribution < -0.4 is 15.6 Å². The van der Waals surface area contributed by atoms with E-state index in [2.05, 4.69) is 33.4 Å². The van der Waals surface area contributed by atoms with Gasteiger partial charge in [0.1, 0.15) is 4.90 Å². The van der Waals surface area contributed by atoms with Gasteiger partial charge in [-0.3, -0.25) is 4.79 Å². The van der Waals surface area contributed by atoms with Gasteiger partial charge in [-0.15, -0.1) is 11.8 Å². The van der Waals surface area contributed by atoms with E-state index in [1.165, 1.54) is 11.8 Å². The van der Waals surface area contributed by atoms with Crippen LogP contribution >= 0.6 is 11.8 Å². The summed E-state index contributed by atoms with van der Waals surface area (Å²) in [6, 6.07) is 10.3. The van der Waals surface area contributed by atoms with E-state index in [4.69, 9.17) is 4.74 Å². The number of aromatic nitrogens is 2. The molecule has 2 fully saturated rings. The number of benzene rings is 1. The number of fused-ring (bicyclic) bond motifs is 1. The van der Waals surface area contributed by atoms with Crippen molar-refractivity contribution in [3.05, 3.63) is 57.6 Å². The molecular weight excluding hydrogens is 532 g/mol. The van der Waals surface area contributed by atoms with E-state index in [1.807, 2.05) is 50.4 Å². The average molecular weight is 573 g/mol. The maximum atomic E-state index is 13.8. The molecular formula is C29H40N4O4S2. The summed E-state index contributed by atoms with van der Waals surface area (Å²) in [5.41, 5.74) is 2.68. The Kier molecular flexibility index (Phi) is 8.05. The Balaban J connectivity index is 1.40. The van der Waals surface area contributed by atoms with E-state index in [0.717, 1.165) is 60.7 Å². The molecule has 10 heteroatoms. The molecule has 5 rings (SSSR count). The molecule has 212 valence electrons. The fraction of sp³-hybridized carbons (Fsp3) is 0.552. The number of aromatic amines is 1. The zero-order valence-electron chi connectivity index (χ0n) is 23.5. The Morgan fingerprint density at radius 1 is 1.18 bits per heavy atom. The number of nitrogens with zero attached hydrogens (tertiary/aromatic N) is 1. The van der Waals surface area contributed by atoms with Crippen LogP contribution in [0.3, 0.4) is 0 Å². The summed E-state index contributed by atoms with van der Waals surface area (Å²) < 4.78 is 37.9. The van der Waals surface area contributed by atoms with Crippen LogP contribution in [-0.2, 0) is 21.3 Å². The van der Waals surface area contributed by atoms with Crippen molar-refractivity contribution in [2.45, 2.75) is 87.3 Å². The molecule has 3 N–H and O–H groups in total. The number of ether oxygens (including phenoxy) is 1. The highest BCUT2D eigenvalue weighted by Gasteiger charge is 2.37. The molecule has 3 heterocycles. The molecule has 2 aromatic heterocycles.